The van der Waals surface area contributed by atoms with Crippen molar-refractivity contribution in [3.05, 3.63) is 84.9 Å². The molecule has 6 rings (SSSR count). The Kier molecular flexibility index (Phi) is 3.58. The molecule has 2 nitrogen and oxygen atoms in total. The maximum atomic E-state index is 4.14. The van der Waals surface area contributed by atoms with Gasteiger partial charge < -0.3 is 4.57 Å². The normalized spacial score (nSPS) is 11.7. The van der Waals surface area contributed by atoms with E-state index in [1.165, 1.54) is 53.1 Å². The summed E-state index contributed by atoms with van der Waals surface area (Å²) >= 11 is 1.88. The molecular formula is C26H18N2S. The van der Waals surface area contributed by atoms with Crippen LogP contribution in [-0.4, -0.2) is 11.3 Å². The summed E-state index contributed by atoms with van der Waals surface area (Å²) in [6, 6.07) is 30.6. The van der Waals surface area contributed by atoms with Gasteiger partial charge in [-0.25, -0.2) is 0 Å². The maximum absolute atomic E-state index is 4.14. The van der Waals surface area contributed by atoms with Crippen LogP contribution in [0.4, 0.5) is 0 Å². The second-order valence-electron chi connectivity index (χ2n) is 7.32. The molecule has 0 aliphatic heterocycles. The van der Waals surface area contributed by atoms with Gasteiger partial charge in [0.05, 0.1) is 11.0 Å². The molecule has 0 fully saturated rings. The third-order valence-electron chi connectivity index (χ3n) is 5.73. The molecule has 0 bridgehead atoms. The summed E-state index contributed by atoms with van der Waals surface area (Å²) in [5.74, 6) is 0. The highest BCUT2D eigenvalue weighted by atomic mass is 32.1. The third kappa shape index (κ3) is 2.38. The van der Waals surface area contributed by atoms with E-state index in [2.05, 4.69) is 101 Å². The van der Waals surface area contributed by atoms with Gasteiger partial charge in [0.15, 0.2) is 0 Å². The van der Waals surface area contributed by atoms with E-state index in [4.69, 9.17) is 0 Å². The zero-order chi connectivity index (χ0) is 19.4. The highest BCUT2D eigenvalue weighted by Gasteiger charge is 2.13. The summed E-state index contributed by atoms with van der Waals surface area (Å²) in [6.45, 7) is 4.26. The van der Waals surface area contributed by atoms with Crippen LogP contribution in [0, 0.1) is 0 Å². The lowest BCUT2D eigenvalue weighted by molar-refractivity contribution is 0.799. The Balaban J connectivity index is 1.66. The van der Waals surface area contributed by atoms with E-state index in [-0.39, 0.29) is 0 Å². The Morgan fingerprint density at radius 1 is 0.724 bits per heavy atom. The van der Waals surface area contributed by atoms with Gasteiger partial charge in [-0.2, -0.15) is 0 Å². The Hall–Kier alpha value is -3.43. The first-order chi connectivity index (χ1) is 14.3. The van der Waals surface area contributed by atoms with E-state index in [0.717, 1.165) is 0 Å². The SMILES string of the molecule is C=NCn1c2ccccc2c2cc(-c3cccc4c3sc3ccccc34)ccc21. The number of aromatic nitrogens is 1. The fourth-order valence-corrected chi connectivity index (χ4v) is 5.69. The zero-order valence-electron chi connectivity index (χ0n) is 15.8. The van der Waals surface area contributed by atoms with Crippen molar-refractivity contribution in [2.24, 2.45) is 4.99 Å². The molecule has 138 valence electrons. The number of hydrogen-bond acceptors (Lipinski definition) is 2. The van der Waals surface area contributed by atoms with Crippen LogP contribution >= 0.6 is 11.3 Å². The van der Waals surface area contributed by atoms with Gasteiger partial charge in [0.1, 0.15) is 6.67 Å². The lowest BCUT2D eigenvalue weighted by atomic mass is 10.0. The molecule has 29 heavy (non-hydrogen) atoms. The predicted molar refractivity (Wildman–Crippen MR) is 127 cm³/mol. The summed E-state index contributed by atoms with van der Waals surface area (Å²) in [7, 11) is 0. The van der Waals surface area contributed by atoms with Gasteiger partial charge in [-0.1, -0.05) is 60.7 Å². The first-order valence-corrected chi connectivity index (χ1v) is 10.5. The minimum Gasteiger partial charge on any atom is -0.320 e. The van der Waals surface area contributed by atoms with E-state index >= 15 is 0 Å². The molecule has 0 amide bonds. The van der Waals surface area contributed by atoms with Crippen molar-refractivity contribution >= 4 is 60.0 Å². The van der Waals surface area contributed by atoms with Crippen molar-refractivity contribution < 1.29 is 0 Å². The van der Waals surface area contributed by atoms with Crippen molar-refractivity contribution in [2.45, 2.75) is 6.67 Å². The van der Waals surface area contributed by atoms with Crippen molar-refractivity contribution in [3.63, 3.8) is 0 Å². The molecule has 0 atom stereocenters. The summed E-state index contributed by atoms with van der Waals surface area (Å²) in [5.41, 5.74) is 4.95. The average Bonchev–Trinajstić information content (AvgIpc) is 3.30. The molecule has 0 unspecified atom stereocenters. The van der Waals surface area contributed by atoms with Gasteiger partial charge in [0.25, 0.3) is 0 Å². The third-order valence-corrected chi connectivity index (χ3v) is 6.95. The van der Waals surface area contributed by atoms with Crippen molar-refractivity contribution in [3.8, 4) is 11.1 Å². The number of rotatable bonds is 3. The number of benzene rings is 4. The average molecular weight is 391 g/mol. The van der Waals surface area contributed by atoms with Crippen molar-refractivity contribution in [1.82, 2.24) is 4.57 Å². The molecule has 0 aliphatic rings. The molecule has 0 spiro atoms. The largest absolute Gasteiger partial charge is 0.320 e. The molecule has 0 saturated carbocycles. The summed E-state index contributed by atoms with van der Waals surface area (Å²) in [4.78, 5) is 4.14. The summed E-state index contributed by atoms with van der Waals surface area (Å²) in [5, 5.41) is 5.20. The van der Waals surface area contributed by atoms with Gasteiger partial charge in [-0.3, -0.25) is 4.99 Å². The van der Waals surface area contributed by atoms with Crippen LogP contribution in [-0.2, 0) is 6.67 Å². The predicted octanol–water partition coefficient (Wildman–Crippen LogP) is 7.49. The molecule has 4 aromatic carbocycles. The first-order valence-electron chi connectivity index (χ1n) is 9.69. The highest BCUT2D eigenvalue weighted by molar-refractivity contribution is 7.26. The maximum Gasteiger partial charge on any atom is 0.114 e. The quantitative estimate of drug-likeness (QED) is 0.279. The molecule has 6 aromatic rings. The molecular weight excluding hydrogens is 372 g/mol. The fourth-order valence-electron chi connectivity index (χ4n) is 4.45. The number of nitrogens with zero attached hydrogens (tertiary/aromatic N) is 2. The Morgan fingerprint density at radius 2 is 1.48 bits per heavy atom. The van der Waals surface area contributed by atoms with Gasteiger partial charge in [-0.15, -0.1) is 11.3 Å². The zero-order valence-corrected chi connectivity index (χ0v) is 16.6. The lowest BCUT2D eigenvalue weighted by Gasteiger charge is -2.06. The number of thiophene rings is 1. The van der Waals surface area contributed by atoms with Crippen LogP contribution < -0.4 is 0 Å². The van der Waals surface area contributed by atoms with E-state index in [1.54, 1.807) is 0 Å². The molecule has 2 heterocycles. The molecule has 0 radical (unpaired) electrons. The molecule has 2 aromatic heterocycles. The van der Waals surface area contributed by atoms with Crippen LogP contribution in [0.5, 0.6) is 0 Å². The number of para-hydroxylation sites is 1. The Labute approximate surface area is 172 Å². The van der Waals surface area contributed by atoms with Crippen molar-refractivity contribution in [1.29, 1.82) is 0 Å². The van der Waals surface area contributed by atoms with E-state index in [1.807, 2.05) is 11.3 Å². The minimum absolute atomic E-state index is 0.565. The standard InChI is InChI=1S/C26H18N2S/c1-27-16-28-23-11-4-2-7-19(23)22-15-17(13-14-24(22)28)18-9-6-10-21-20-8-3-5-12-25(20)29-26(18)21/h2-15H,1,16H2. The van der Waals surface area contributed by atoms with Crippen LogP contribution in [0.2, 0.25) is 0 Å². The van der Waals surface area contributed by atoms with E-state index < -0.39 is 0 Å². The molecule has 0 aliphatic carbocycles. The summed E-state index contributed by atoms with van der Waals surface area (Å²) in [6.07, 6.45) is 0. The molecule has 0 saturated heterocycles. The second-order valence-corrected chi connectivity index (χ2v) is 8.37. The Morgan fingerprint density at radius 3 is 2.38 bits per heavy atom. The van der Waals surface area contributed by atoms with Crippen LogP contribution in [0.3, 0.4) is 0 Å². The van der Waals surface area contributed by atoms with Crippen LogP contribution in [0.15, 0.2) is 89.9 Å². The van der Waals surface area contributed by atoms with E-state index in [0.29, 0.717) is 6.67 Å². The lowest BCUT2D eigenvalue weighted by Crippen LogP contribution is -1.93. The van der Waals surface area contributed by atoms with Gasteiger partial charge in [0, 0.05) is 30.9 Å². The van der Waals surface area contributed by atoms with Crippen molar-refractivity contribution in [2.75, 3.05) is 0 Å². The van der Waals surface area contributed by atoms with Gasteiger partial charge >= 0.3 is 0 Å². The van der Waals surface area contributed by atoms with Gasteiger partial charge in [0.2, 0.25) is 0 Å². The number of hydrogen-bond donors (Lipinski definition) is 0. The topological polar surface area (TPSA) is 17.3 Å². The van der Waals surface area contributed by atoms with Crippen LogP contribution in [0.25, 0.3) is 53.1 Å². The fraction of sp³-hybridized carbons (Fsp3) is 0.0385. The van der Waals surface area contributed by atoms with Crippen LogP contribution in [0.1, 0.15) is 0 Å². The highest BCUT2D eigenvalue weighted by Crippen LogP contribution is 2.41. The smallest absolute Gasteiger partial charge is 0.114 e. The second kappa shape index (κ2) is 6.29. The Bertz CT molecular complexity index is 1550. The number of aliphatic imine (C=N–C) groups is 1. The summed E-state index contributed by atoms with van der Waals surface area (Å²) < 4.78 is 4.93. The monoisotopic (exact) mass is 390 g/mol. The minimum atomic E-state index is 0.565. The molecule has 3 heteroatoms. The number of fused-ring (bicyclic) bond motifs is 6. The first kappa shape index (κ1) is 16.5. The van der Waals surface area contributed by atoms with Gasteiger partial charge in [-0.05, 0) is 42.1 Å². The molecule has 0 N–H and O–H groups in total. The van der Waals surface area contributed by atoms with E-state index in [9.17, 15) is 0 Å².